The lowest BCUT2D eigenvalue weighted by atomic mass is 10.4. The third-order valence-corrected chi connectivity index (χ3v) is 12.9. The van der Waals surface area contributed by atoms with Crippen LogP contribution in [-0.2, 0) is 0 Å². The van der Waals surface area contributed by atoms with Crippen LogP contribution in [0.1, 0.15) is 0 Å². The molecule has 130 valence electrons. The number of thioether (sulfide) groups is 8. The first-order valence-corrected chi connectivity index (χ1v) is 15.0. The van der Waals surface area contributed by atoms with Crippen molar-refractivity contribution in [2.45, 2.75) is 0 Å². The van der Waals surface area contributed by atoms with E-state index in [9.17, 15) is 0 Å². The first-order chi connectivity index (χ1) is 11.7. The van der Waals surface area contributed by atoms with E-state index in [1.807, 2.05) is 94.1 Å². The van der Waals surface area contributed by atoms with Gasteiger partial charge in [0.05, 0.1) is 25.4 Å². The Morgan fingerprint density at radius 2 is 0.792 bits per heavy atom. The zero-order chi connectivity index (χ0) is 17.4. The fraction of sp³-hybridized carbons (Fsp3) is 0.250. The minimum Gasteiger partial charge on any atom is -0.121 e. The first kappa shape index (κ1) is 21.5. The molecular weight excluding hydrogens is 449 g/mol. The summed E-state index contributed by atoms with van der Waals surface area (Å²) in [6.45, 7) is 0. The van der Waals surface area contributed by atoms with Crippen LogP contribution in [0.25, 0.3) is 0 Å². The van der Waals surface area contributed by atoms with E-state index in [0.29, 0.717) is 0 Å². The monoisotopic (exact) mass is 466 g/mol. The molecule has 2 aliphatic heterocycles. The Labute approximate surface area is 179 Å². The van der Waals surface area contributed by atoms with Crippen LogP contribution >= 0.6 is 94.1 Å². The largest absolute Gasteiger partial charge is 0.121 e. The summed E-state index contributed by atoms with van der Waals surface area (Å²) in [6.07, 6.45) is 21.4. The van der Waals surface area contributed by atoms with Gasteiger partial charge in [-0.1, -0.05) is 71.4 Å². The van der Waals surface area contributed by atoms with Gasteiger partial charge in [0.1, 0.15) is 0 Å². The Morgan fingerprint density at radius 3 is 1.04 bits per heavy atom. The van der Waals surface area contributed by atoms with E-state index in [1.54, 1.807) is 0 Å². The van der Waals surface area contributed by atoms with Gasteiger partial charge in [0.15, 0.2) is 0 Å². The fourth-order valence-corrected chi connectivity index (χ4v) is 11.3. The van der Waals surface area contributed by atoms with Gasteiger partial charge in [-0.25, -0.2) is 0 Å². The van der Waals surface area contributed by atoms with Crippen LogP contribution in [0.2, 0.25) is 0 Å². The molecule has 2 heterocycles. The maximum Gasteiger partial charge on any atom is 0.0657 e. The van der Waals surface area contributed by atoms with Crippen LogP contribution in [0.15, 0.2) is 61.9 Å². The molecule has 0 fully saturated rings. The topological polar surface area (TPSA) is 0 Å². The van der Waals surface area contributed by atoms with Gasteiger partial charge in [0.2, 0.25) is 0 Å². The molecule has 0 saturated heterocycles. The number of hydrogen-bond donors (Lipinski definition) is 0. The third kappa shape index (κ3) is 6.44. The van der Waals surface area contributed by atoms with Crippen molar-refractivity contribution in [3.05, 3.63) is 61.9 Å². The van der Waals surface area contributed by atoms with E-state index in [0.717, 1.165) is 0 Å². The highest BCUT2D eigenvalue weighted by atomic mass is 32.3. The molecule has 0 N–H and O–H groups in total. The standard InChI is InChI=1S/C16H18S8/c1-17-13-14(18-2)22-11(21-13)9-7-5-6-8-10-12-23-15(19-3)16(20-4)24-12/h5-10H,1-4H3/b7-5+,8-6+. The molecule has 0 aromatic carbocycles. The minimum absolute atomic E-state index is 1.35. The molecule has 0 bridgehead atoms. The van der Waals surface area contributed by atoms with E-state index in [-0.39, 0.29) is 0 Å². The summed E-state index contributed by atoms with van der Waals surface area (Å²) in [7, 11) is 0. The van der Waals surface area contributed by atoms with E-state index < -0.39 is 0 Å². The second kappa shape index (κ2) is 11.8. The molecule has 0 aromatic heterocycles. The molecule has 8 heteroatoms. The summed E-state index contributed by atoms with van der Waals surface area (Å²) in [5.41, 5.74) is 0. The smallest absolute Gasteiger partial charge is 0.0657 e. The van der Waals surface area contributed by atoms with Crippen LogP contribution in [-0.4, -0.2) is 25.0 Å². The second-order valence-electron chi connectivity index (χ2n) is 4.12. The zero-order valence-electron chi connectivity index (χ0n) is 13.7. The highest BCUT2D eigenvalue weighted by Gasteiger charge is 2.19. The number of hydrogen-bond acceptors (Lipinski definition) is 8. The van der Waals surface area contributed by atoms with Gasteiger partial charge in [-0.05, 0) is 37.2 Å². The van der Waals surface area contributed by atoms with Crippen molar-refractivity contribution < 1.29 is 0 Å². The maximum absolute atomic E-state index is 2.20. The van der Waals surface area contributed by atoms with Crippen LogP contribution < -0.4 is 0 Å². The van der Waals surface area contributed by atoms with Gasteiger partial charge in [-0.3, -0.25) is 0 Å². The Morgan fingerprint density at radius 1 is 0.500 bits per heavy atom. The Hall–Kier alpha value is 1.24. The molecule has 0 aliphatic carbocycles. The molecule has 0 aromatic rings. The highest BCUT2D eigenvalue weighted by molar-refractivity contribution is 8.41. The molecule has 24 heavy (non-hydrogen) atoms. The van der Waals surface area contributed by atoms with Crippen molar-refractivity contribution in [1.29, 1.82) is 0 Å². The zero-order valence-corrected chi connectivity index (χ0v) is 20.3. The molecule has 2 rings (SSSR count). The van der Waals surface area contributed by atoms with Crippen LogP contribution in [0.3, 0.4) is 0 Å². The predicted octanol–water partition coefficient (Wildman–Crippen LogP) is 8.45. The van der Waals surface area contributed by atoms with Crippen molar-refractivity contribution in [2.24, 2.45) is 0 Å². The molecule has 2 aliphatic rings. The first-order valence-electron chi connectivity index (χ1n) is 6.83. The van der Waals surface area contributed by atoms with E-state index in [1.165, 1.54) is 25.4 Å². The maximum atomic E-state index is 2.20. The van der Waals surface area contributed by atoms with Crippen molar-refractivity contribution in [3.63, 3.8) is 0 Å². The lowest BCUT2D eigenvalue weighted by molar-refractivity contribution is 1.89. The summed E-state index contributed by atoms with van der Waals surface area (Å²) in [4.78, 5) is 0. The van der Waals surface area contributed by atoms with Gasteiger partial charge in [0.25, 0.3) is 0 Å². The molecule has 0 atom stereocenters. The Kier molecular flexibility index (Phi) is 10.6. The van der Waals surface area contributed by atoms with Crippen molar-refractivity contribution in [3.8, 4) is 0 Å². The number of rotatable bonds is 7. The predicted molar refractivity (Wildman–Crippen MR) is 133 cm³/mol. The van der Waals surface area contributed by atoms with Crippen LogP contribution in [0.4, 0.5) is 0 Å². The van der Waals surface area contributed by atoms with Gasteiger partial charge >= 0.3 is 0 Å². The molecule has 0 saturated carbocycles. The average Bonchev–Trinajstić information content (AvgIpc) is 3.20. The van der Waals surface area contributed by atoms with Crippen molar-refractivity contribution in [2.75, 3.05) is 25.0 Å². The molecule has 0 nitrogen and oxygen atoms in total. The summed E-state index contributed by atoms with van der Waals surface area (Å²) in [6, 6.07) is 0. The lowest BCUT2D eigenvalue weighted by Gasteiger charge is -1.94. The van der Waals surface area contributed by atoms with Gasteiger partial charge in [-0.15, -0.1) is 47.0 Å². The lowest BCUT2D eigenvalue weighted by Crippen LogP contribution is -1.63. The van der Waals surface area contributed by atoms with Gasteiger partial charge in [-0.2, -0.15) is 0 Å². The molecular formula is C16H18S8. The summed E-state index contributed by atoms with van der Waals surface area (Å²) in [5, 5.41) is 0. The fourth-order valence-electron chi connectivity index (χ4n) is 1.61. The van der Waals surface area contributed by atoms with E-state index >= 15 is 0 Å². The van der Waals surface area contributed by atoms with E-state index in [4.69, 9.17) is 0 Å². The summed E-state index contributed by atoms with van der Waals surface area (Å²) in [5.74, 6) is 0. The quantitative estimate of drug-likeness (QED) is 0.338. The summed E-state index contributed by atoms with van der Waals surface area (Å²) < 4.78 is 8.39. The van der Waals surface area contributed by atoms with Gasteiger partial charge < -0.3 is 0 Å². The number of allylic oxidation sites excluding steroid dienone is 6. The molecule has 0 amide bonds. The molecule has 0 unspecified atom stereocenters. The van der Waals surface area contributed by atoms with Crippen molar-refractivity contribution >= 4 is 94.1 Å². The normalized spacial score (nSPS) is 18.8. The van der Waals surface area contributed by atoms with Crippen LogP contribution in [0.5, 0.6) is 0 Å². The summed E-state index contributed by atoms with van der Waals surface area (Å²) >= 11 is 14.8. The van der Waals surface area contributed by atoms with E-state index in [2.05, 4.69) is 61.5 Å². The Balaban J connectivity index is 1.83. The minimum atomic E-state index is 1.35. The average molecular weight is 467 g/mol. The SMILES string of the molecule is CSC1=C(SC)SC(=C/C=C/C=C/C=C2SC(SC)=C(SC)S2)S1. The Bertz CT molecular complexity index is 544. The highest BCUT2D eigenvalue weighted by Crippen LogP contribution is 2.56. The second-order valence-corrected chi connectivity index (χ2v) is 13.1. The molecule has 0 spiro atoms. The van der Waals surface area contributed by atoms with Gasteiger partial charge in [0, 0.05) is 0 Å². The third-order valence-electron chi connectivity index (χ3n) is 2.65. The van der Waals surface area contributed by atoms with Crippen molar-refractivity contribution in [1.82, 2.24) is 0 Å². The van der Waals surface area contributed by atoms with Crippen LogP contribution in [0, 0.1) is 0 Å². The molecule has 0 radical (unpaired) electrons.